The van der Waals surface area contributed by atoms with Crippen LogP contribution in [0.25, 0.3) is 10.8 Å². The third-order valence-corrected chi connectivity index (χ3v) is 4.52. The highest BCUT2D eigenvalue weighted by Gasteiger charge is 2.36. The van der Waals surface area contributed by atoms with Crippen LogP contribution < -0.4 is 4.74 Å². The Morgan fingerprint density at radius 1 is 1.04 bits per heavy atom. The zero-order valence-electron chi connectivity index (χ0n) is 14.3. The molecule has 3 aromatic rings. The summed E-state index contributed by atoms with van der Waals surface area (Å²) in [6.45, 7) is 1.70. The summed E-state index contributed by atoms with van der Waals surface area (Å²) in [5.41, 5.74) is 0.262. The quantitative estimate of drug-likeness (QED) is 0.632. The van der Waals surface area contributed by atoms with Crippen LogP contribution in [0.3, 0.4) is 0 Å². The molecule has 0 amide bonds. The predicted octanol–water partition coefficient (Wildman–Crippen LogP) is 4.80. The van der Waals surface area contributed by atoms with E-state index in [0.29, 0.717) is 17.7 Å². The molecule has 0 unspecified atom stereocenters. The molecule has 3 nitrogen and oxygen atoms in total. The van der Waals surface area contributed by atoms with E-state index in [0.717, 1.165) is 16.3 Å². The molecule has 0 aromatic heterocycles. The van der Waals surface area contributed by atoms with Crippen LogP contribution in [0.2, 0.25) is 0 Å². The summed E-state index contributed by atoms with van der Waals surface area (Å²) in [6.07, 6.45) is 0.349. The van der Waals surface area contributed by atoms with Crippen molar-refractivity contribution in [1.82, 2.24) is 0 Å². The summed E-state index contributed by atoms with van der Waals surface area (Å²) < 4.78 is 5.30. The number of ether oxygens (including phenoxy) is 1. The maximum atomic E-state index is 13.1. The number of para-hydroxylation sites is 1. The number of hydrogen-bond acceptors (Lipinski definition) is 3. The lowest BCUT2D eigenvalue weighted by Gasteiger charge is -2.22. The Labute approximate surface area is 147 Å². The standard InChI is InChI=1S/C22H19NO2/c1-22(15-23,21(24)19-12-5-6-13-20(19)25-2)14-17-10-7-9-16-8-3-4-11-18(16)17/h3-13H,14H2,1-2H3/t22-/m0/s1. The fourth-order valence-electron chi connectivity index (χ4n) is 3.13. The Morgan fingerprint density at radius 3 is 2.48 bits per heavy atom. The van der Waals surface area contributed by atoms with Gasteiger partial charge in [0.2, 0.25) is 0 Å². The second-order valence-corrected chi connectivity index (χ2v) is 6.29. The molecule has 0 heterocycles. The van der Waals surface area contributed by atoms with Crippen molar-refractivity contribution in [2.45, 2.75) is 13.3 Å². The van der Waals surface area contributed by atoms with Gasteiger partial charge in [0, 0.05) is 0 Å². The fourth-order valence-corrected chi connectivity index (χ4v) is 3.13. The van der Waals surface area contributed by atoms with Crippen molar-refractivity contribution in [3.8, 4) is 11.8 Å². The molecule has 1 atom stereocenters. The summed E-state index contributed by atoms with van der Waals surface area (Å²) >= 11 is 0. The zero-order valence-corrected chi connectivity index (χ0v) is 14.3. The maximum absolute atomic E-state index is 13.1. The molecular weight excluding hydrogens is 310 g/mol. The van der Waals surface area contributed by atoms with Gasteiger partial charge in [-0.2, -0.15) is 5.26 Å². The zero-order chi connectivity index (χ0) is 17.9. The molecule has 3 rings (SSSR count). The Kier molecular flexibility index (Phi) is 4.54. The van der Waals surface area contributed by atoms with Gasteiger partial charge in [0.05, 0.1) is 18.7 Å². The number of benzene rings is 3. The number of fused-ring (bicyclic) bond motifs is 1. The van der Waals surface area contributed by atoms with Gasteiger partial charge >= 0.3 is 0 Å². The van der Waals surface area contributed by atoms with Crippen molar-refractivity contribution >= 4 is 16.6 Å². The third-order valence-electron chi connectivity index (χ3n) is 4.52. The molecule has 3 aromatic carbocycles. The van der Waals surface area contributed by atoms with E-state index in [1.165, 1.54) is 7.11 Å². The summed E-state index contributed by atoms with van der Waals surface area (Å²) in [6, 6.07) is 23.3. The van der Waals surface area contributed by atoms with Crippen LogP contribution in [-0.2, 0) is 6.42 Å². The van der Waals surface area contributed by atoms with E-state index in [2.05, 4.69) is 6.07 Å². The molecule has 0 aliphatic heterocycles. The first-order valence-electron chi connectivity index (χ1n) is 8.15. The monoisotopic (exact) mass is 329 g/mol. The van der Waals surface area contributed by atoms with Crippen LogP contribution in [-0.4, -0.2) is 12.9 Å². The fraction of sp³-hybridized carbons (Fsp3) is 0.182. The van der Waals surface area contributed by atoms with Gasteiger partial charge in [0.1, 0.15) is 11.2 Å². The number of carbonyl (C=O) groups excluding carboxylic acids is 1. The van der Waals surface area contributed by atoms with Crippen LogP contribution in [0.4, 0.5) is 0 Å². The normalized spacial score (nSPS) is 13.0. The smallest absolute Gasteiger partial charge is 0.186 e. The number of methoxy groups -OCH3 is 1. The van der Waals surface area contributed by atoms with Gasteiger partial charge in [0.15, 0.2) is 5.78 Å². The van der Waals surface area contributed by atoms with E-state index in [4.69, 9.17) is 4.74 Å². The van der Waals surface area contributed by atoms with E-state index < -0.39 is 5.41 Å². The van der Waals surface area contributed by atoms with Crippen LogP contribution in [0.1, 0.15) is 22.8 Å². The van der Waals surface area contributed by atoms with Crippen LogP contribution in [0.15, 0.2) is 66.7 Å². The first-order valence-corrected chi connectivity index (χ1v) is 8.15. The maximum Gasteiger partial charge on any atom is 0.186 e. The molecule has 0 aliphatic carbocycles. The van der Waals surface area contributed by atoms with Gasteiger partial charge in [0.25, 0.3) is 0 Å². The second-order valence-electron chi connectivity index (χ2n) is 6.29. The van der Waals surface area contributed by atoms with E-state index in [-0.39, 0.29) is 5.78 Å². The molecule has 3 heteroatoms. The van der Waals surface area contributed by atoms with Crippen LogP contribution >= 0.6 is 0 Å². The van der Waals surface area contributed by atoms with Crippen molar-refractivity contribution in [2.75, 3.05) is 7.11 Å². The van der Waals surface area contributed by atoms with Crippen molar-refractivity contribution in [1.29, 1.82) is 5.26 Å². The highest BCUT2D eigenvalue weighted by molar-refractivity contribution is 6.04. The highest BCUT2D eigenvalue weighted by Crippen LogP contribution is 2.33. The average Bonchev–Trinajstić information content (AvgIpc) is 2.67. The molecule has 0 radical (unpaired) electrons. The third kappa shape index (κ3) is 3.12. The summed E-state index contributed by atoms with van der Waals surface area (Å²) in [5.74, 6) is 0.271. The van der Waals surface area contributed by atoms with Gasteiger partial charge in [-0.15, -0.1) is 0 Å². The molecule has 0 aliphatic rings. The van der Waals surface area contributed by atoms with Gasteiger partial charge in [-0.05, 0) is 41.8 Å². The number of hydrogen-bond donors (Lipinski definition) is 0. The number of nitriles is 1. The first kappa shape index (κ1) is 16.7. The minimum Gasteiger partial charge on any atom is -0.496 e. The van der Waals surface area contributed by atoms with E-state index in [1.54, 1.807) is 25.1 Å². The summed E-state index contributed by atoms with van der Waals surface area (Å²) in [7, 11) is 1.53. The summed E-state index contributed by atoms with van der Waals surface area (Å²) in [4.78, 5) is 13.1. The van der Waals surface area contributed by atoms with Crippen LogP contribution in [0, 0.1) is 16.7 Å². The average molecular weight is 329 g/mol. The number of ketones is 1. The van der Waals surface area contributed by atoms with Gasteiger partial charge in [-0.3, -0.25) is 4.79 Å². The predicted molar refractivity (Wildman–Crippen MR) is 98.7 cm³/mol. The number of rotatable bonds is 5. The van der Waals surface area contributed by atoms with Crippen molar-refractivity contribution in [2.24, 2.45) is 5.41 Å². The minimum absolute atomic E-state index is 0.222. The van der Waals surface area contributed by atoms with Crippen molar-refractivity contribution < 1.29 is 9.53 Å². The van der Waals surface area contributed by atoms with Crippen LogP contribution in [0.5, 0.6) is 5.75 Å². The second kappa shape index (κ2) is 6.78. The molecule has 0 bridgehead atoms. The van der Waals surface area contributed by atoms with Crippen molar-refractivity contribution in [3.05, 3.63) is 77.9 Å². The molecule has 0 fully saturated rings. The van der Waals surface area contributed by atoms with E-state index >= 15 is 0 Å². The Hall–Kier alpha value is -3.12. The van der Waals surface area contributed by atoms with Crippen molar-refractivity contribution in [3.63, 3.8) is 0 Å². The van der Waals surface area contributed by atoms with E-state index in [1.807, 2.05) is 48.5 Å². The lowest BCUT2D eigenvalue weighted by Crippen LogP contribution is -2.29. The van der Waals surface area contributed by atoms with Gasteiger partial charge < -0.3 is 4.74 Å². The molecule has 0 saturated heterocycles. The number of carbonyl (C=O) groups is 1. The Balaban J connectivity index is 2.03. The Morgan fingerprint density at radius 2 is 1.72 bits per heavy atom. The molecule has 0 saturated carbocycles. The van der Waals surface area contributed by atoms with E-state index in [9.17, 15) is 10.1 Å². The SMILES string of the molecule is COc1ccccc1C(=O)[C@](C)(C#N)Cc1cccc2ccccc12. The van der Waals surface area contributed by atoms with Gasteiger partial charge in [-0.1, -0.05) is 54.6 Å². The summed E-state index contributed by atoms with van der Waals surface area (Å²) in [5, 5.41) is 12.0. The first-order chi connectivity index (χ1) is 12.1. The molecule has 124 valence electrons. The Bertz CT molecular complexity index is 966. The largest absolute Gasteiger partial charge is 0.496 e. The molecular formula is C22H19NO2. The molecule has 0 spiro atoms. The number of nitrogens with zero attached hydrogens (tertiary/aromatic N) is 1. The number of Topliss-reactive ketones (excluding diaryl/α,β-unsaturated/α-hetero) is 1. The molecule has 25 heavy (non-hydrogen) atoms. The van der Waals surface area contributed by atoms with Gasteiger partial charge in [-0.25, -0.2) is 0 Å². The topological polar surface area (TPSA) is 50.1 Å². The minimum atomic E-state index is -1.17. The lowest BCUT2D eigenvalue weighted by atomic mass is 9.77. The molecule has 0 N–H and O–H groups in total. The highest BCUT2D eigenvalue weighted by atomic mass is 16.5. The lowest BCUT2D eigenvalue weighted by molar-refractivity contribution is 0.0873.